The predicted molar refractivity (Wildman–Crippen MR) is 134 cm³/mol. The first-order chi connectivity index (χ1) is 17.2. The second-order valence-electron chi connectivity index (χ2n) is 8.33. The maximum atomic E-state index is 15.9. The minimum Gasteiger partial charge on any atom is -0.366 e. The number of hydrogen-bond donors (Lipinski definition) is 2. The number of rotatable bonds is 6. The van der Waals surface area contributed by atoms with Crippen molar-refractivity contribution in [1.29, 1.82) is 0 Å². The Morgan fingerprint density at radius 3 is 2.39 bits per heavy atom. The molecule has 1 saturated heterocycles. The van der Waals surface area contributed by atoms with Crippen molar-refractivity contribution < 1.29 is 23.2 Å². The zero-order valence-corrected chi connectivity index (χ0v) is 20.3. The summed E-state index contributed by atoms with van der Waals surface area (Å²) in [6, 6.07) is 14.1. The van der Waals surface area contributed by atoms with E-state index in [9.17, 15) is 18.8 Å². The molecule has 3 N–H and O–H groups in total. The average molecular weight is 532 g/mol. The van der Waals surface area contributed by atoms with Gasteiger partial charge in [0.05, 0.1) is 28.7 Å². The molecule has 36 heavy (non-hydrogen) atoms. The second-order valence-corrected chi connectivity index (χ2v) is 9.15. The van der Waals surface area contributed by atoms with Crippen LogP contribution >= 0.6 is 23.2 Å². The van der Waals surface area contributed by atoms with Gasteiger partial charge in [-0.15, -0.1) is 0 Å². The van der Waals surface area contributed by atoms with Gasteiger partial charge in [-0.25, -0.2) is 13.7 Å². The Bertz CT molecular complexity index is 1350. The van der Waals surface area contributed by atoms with Gasteiger partial charge in [0.2, 0.25) is 11.8 Å². The summed E-state index contributed by atoms with van der Waals surface area (Å²) in [5, 5.41) is 3.13. The van der Waals surface area contributed by atoms with Crippen LogP contribution in [0.1, 0.15) is 22.3 Å². The van der Waals surface area contributed by atoms with Gasteiger partial charge >= 0.3 is 0 Å². The topological polar surface area (TPSA) is 92.5 Å². The number of carbonyl (C=O) groups excluding carboxylic acids is 3. The van der Waals surface area contributed by atoms with Crippen molar-refractivity contribution >= 4 is 46.6 Å². The van der Waals surface area contributed by atoms with E-state index in [0.717, 1.165) is 0 Å². The molecule has 2 atom stereocenters. The first-order valence-corrected chi connectivity index (χ1v) is 11.8. The number of carbonyl (C=O) groups is 3. The Balaban J connectivity index is 1.76. The van der Waals surface area contributed by atoms with E-state index in [1.54, 1.807) is 24.3 Å². The van der Waals surface area contributed by atoms with E-state index in [2.05, 4.69) is 5.32 Å². The number of hydrogen-bond acceptors (Lipinski definition) is 4. The molecular weight excluding hydrogens is 511 g/mol. The van der Waals surface area contributed by atoms with Crippen LogP contribution in [0.5, 0.6) is 0 Å². The third-order valence-electron chi connectivity index (χ3n) is 5.88. The van der Waals surface area contributed by atoms with Gasteiger partial charge < -0.3 is 11.1 Å². The highest BCUT2D eigenvalue weighted by Crippen LogP contribution is 2.35. The highest BCUT2D eigenvalue weighted by molar-refractivity contribution is 6.34. The summed E-state index contributed by atoms with van der Waals surface area (Å²) in [6.45, 7) is -0.0558. The number of primary amides is 1. The van der Waals surface area contributed by atoms with Crippen molar-refractivity contribution in [1.82, 2.24) is 5.32 Å². The Morgan fingerprint density at radius 2 is 1.72 bits per heavy atom. The zero-order chi connectivity index (χ0) is 26.0. The Labute approximate surface area is 216 Å². The summed E-state index contributed by atoms with van der Waals surface area (Å²) in [6.07, 6.45) is -1.80. The fourth-order valence-electron chi connectivity index (χ4n) is 4.12. The molecule has 10 heteroatoms. The van der Waals surface area contributed by atoms with Gasteiger partial charge in [0.25, 0.3) is 5.91 Å². The lowest BCUT2D eigenvalue weighted by atomic mass is 10.0. The summed E-state index contributed by atoms with van der Waals surface area (Å²) in [4.78, 5) is 39.2. The van der Waals surface area contributed by atoms with Gasteiger partial charge in [-0.1, -0.05) is 59.6 Å². The smallest absolute Gasteiger partial charge is 0.251 e. The Morgan fingerprint density at radius 1 is 1.00 bits per heavy atom. The maximum Gasteiger partial charge on any atom is 0.251 e. The van der Waals surface area contributed by atoms with Crippen molar-refractivity contribution in [3.63, 3.8) is 0 Å². The molecule has 1 heterocycles. The molecule has 1 aliphatic rings. The van der Waals surface area contributed by atoms with Crippen LogP contribution in [0.15, 0.2) is 60.7 Å². The number of halogens is 4. The number of amides is 3. The molecule has 3 amide bonds. The quantitative estimate of drug-likeness (QED) is 0.482. The molecule has 0 radical (unpaired) electrons. The molecule has 3 aromatic carbocycles. The average Bonchev–Trinajstić information content (AvgIpc) is 3.28. The molecule has 186 valence electrons. The molecule has 1 aliphatic heterocycles. The molecule has 0 bridgehead atoms. The van der Waals surface area contributed by atoms with E-state index in [-0.39, 0.29) is 46.2 Å². The van der Waals surface area contributed by atoms with Crippen LogP contribution in [-0.2, 0) is 16.0 Å². The summed E-state index contributed by atoms with van der Waals surface area (Å²) in [5.41, 5.74) is 5.85. The molecule has 4 rings (SSSR count). The molecule has 0 aliphatic carbocycles. The Kier molecular flexibility index (Phi) is 7.68. The van der Waals surface area contributed by atoms with E-state index in [0.29, 0.717) is 16.0 Å². The molecule has 0 saturated carbocycles. The third kappa shape index (κ3) is 5.26. The molecule has 0 unspecified atom stereocenters. The summed E-state index contributed by atoms with van der Waals surface area (Å²) in [5.74, 6) is -3.20. The van der Waals surface area contributed by atoms with Gasteiger partial charge in [-0.3, -0.25) is 14.4 Å². The number of nitrogens with zero attached hydrogens (tertiary/aromatic N) is 1. The molecule has 3 aromatic rings. The second kappa shape index (κ2) is 10.7. The molecule has 1 fully saturated rings. The van der Waals surface area contributed by atoms with Crippen LogP contribution in [0.4, 0.5) is 14.5 Å². The minimum atomic E-state index is -1.27. The number of imide groups is 1. The third-order valence-corrected chi connectivity index (χ3v) is 6.54. The number of anilines is 1. The van der Waals surface area contributed by atoms with Gasteiger partial charge in [0, 0.05) is 29.1 Å². The van der Waals surface area contributed by atoms with E-state index in [1.807, 2.05) is 0 Å². The van der Waals surface area contributed by atoms with Gasteiger partial charge in [0.15, 0.2) is 5.82 Å². The summed E-state index contributed by atoms with van der Waals surface area (Å²) >= 11 is 12.2. The maximum absolute atomic E-state index is 15.9. The fourth-order valence-corrected chi connectivity index (χ4v) is 4.57. The first kappa shape index (κ1) is 25.8. The van der Waals surface area contributed by atoms with Crippen molar-refractivity contribution in [3.05, 3.63) is 87.7 Å². The van der Waals surface area contributed by atoms with Crippen LogP contribution < -0.4 is 16.0 Å². The first-order valence-electron chi connectivity index (χ1n) is 11.0. The van der Waals surface area contributed by atoms with Crippen LogP contribution in [0.3, 0.4) is 0 Å². The van der Waals surface area contributed by atoms with E-state index in [1.165, 1.54) is 36.4 Å². The monoisotopic (exact) mass is 531 g/mol. The fraction of sp³-hybridized carbons (Fsp3) is 0.192. The van der Waals surface area contributed by atoms with Crippen molar-refractivity contribution in [2.45, 2.75) is 25.1 Å². The largest absolute Gasteiger partial charge is 0.366 e. The lowest BCUT2D eigenvalue weighted by Gasteiger charge is -2.25. The normalized spacial score (nSPS) is 17.1. The number of alkyl halides is 1. The van der Waals surface area contributed by atoms with Crippen LogP contribution in [0.25, 0.3) is 11.1 Å². The highest BCUT2D eigenvalue weighted by Gasteiger charge is 2.37. The molecule has 0 spiro atoms. The summed E-state index contributed by atoms with van der Waals surface area (Å²) < 4.78 is 29.7. The Hall–Kier alpha value is -3.33. The van der Waals surface area contributed by atoms with Gasteiger partial charge in [0.1, 0.15) is 6.17 Å². The minimum absolute atomic E-state index is 0.00414. The molecule has 0 aromatic heterocycles. The zero-order valence-electron chi connectivity index (χ0n) is 18.8. The van der Waals surface area contributed by atoms with Crippen LogP contribution in [0, 0.1) is 5.82 Å². The number of nitrogens with one attached hydrogen (secondary N) is 1. The number of benzene rings is 3. The SMILES string of the molecule is NC(=O)c1cc(CC(=O)N(C(=O)[C@@H]2C[C@@H](F)CN2)c2cccc(-c3ccccc3Cl)c2F)ccc1Cl. The predicted octanol–water partition coefficient (Wildman–Crippen LogP) is 4.70. The van der Waals surface area contributed by atoms with E-state index in [4.69, 9.17) is 28.9 Å². The van der Waals surface area contributed by atoms with Crippen molar-refractivity contribution in [2.24, 2.45) is 5.73 Å². The lowest BCUT2D eigenvalue weighted by Crippen LogP contribution is -2.48. The van der Waals surface area contributed by atoms with Gasteiger partial charge in [-0.05, 0) is 29.8 Å². The van der Waals surface area contributed by atoms with E-state index < -0.39 is 35.8 Å². The summed E-state index contributed by atoms with van der Waals surface area (Å²) in [7, 11) is 0. The van der Waals surface area contributed by atoms with Crippen LogP contribution in [-0.4, -0.2) is 36.5 Å². The molecule has 6 nitrogen and oxygen atoms in total. The van der Waals surface area contributed by atoms with Crippen molar-refractivity contribution in [3.8, 4) is 11.1 Å². The lowest BCUT2D eigenvalue weighted by molar-refractivity contribution is -0.127. The van der Waals surface area contributed by atoms with Crippen molar-refractivity contribution in [2.75, 3.05) is 11.4 Å². The van der Waals surface area contributed by atoms with Gasteiger partial charge in [-0.2, -0.15) is 0 Å². The highest BCUT2D eigenvalue weighted by atomic mass is 35.5. The van der Waals surface area contributed by atoms with E-state index >= 15 is 4.39 Å². The number of nitrogens with two attached hydrogens (primary N) is 1. The van der Waals surface area contributed by atoms with Crippen LogP contribution in [0.2, 0.25) is 10.0 Å². The standard InChI is InChI=1S/C26H21Cl2F2N3O3/c27-19-6-2-1-4-16(19)17-5-3-7-22(24(17)30)33(26(36)21-12-15(29)13-32-21)23(34)11-14-8-9-20(28)18(10-14)25(31)35/h1-10,15,21,32H,11-13H2,(H2,31,35)/t15-,21+/m1/s1. The molecular formula is C26H21Cl2F2N3O3.